The molecular formula is C26H27N3O4. The van der Waals surface area contributed by atoms with Crippen LogP contribution in [0.15, 0.2) is 72.3 Å². The molecule has 7 nitrogen and oxygen atoms in total. The van der Waals surface area contributed by atoms with Gasteiger partial charge in [0.2, 0.25) is 0 Å². The highest BCUT2D eigenvalue weighted by Gasteiger charge is 2.35. The number of fused-ring (bicyclic) bond motifs is 2. The van der Waals surface area contributed by atoms with Crippen molar-refractivity contribution in [1.29, 1.82) is 0 Å². The van der Waals surface area contributed by atoms with Crippen molar-refractivity contribution in [2.24, 2.45) is 5.92 Å². The number of carbonyl (C=O) groups is 3. The number of nitrogens with zero attached hydrogens (tertiary/aromatic N) is 1. The van der Waals surface area contributed by atoms with Gasteiger partial charge in [0.15, 0.2) is 5.78 Å². The molecule has 0 saturated heterocycles. The fourth-order valence-corrected chi connectivity index (χ4v) is 3.96. The average molecular weight is 446 g/mol. The third-order valence-corrected chi connectivity index (χ3v) is 5.86. The highest BCUT2D eigenvalue weighted by molar-refractivity contribution is 6.07. The second-order valence-electron chi connectivity index (χ2n) is 8.96. The fourth-order valence-electron chi connectivity index (χ4n) is 3.96. The van der Waals surface area contributed by atoms with Gasteiger partial charge in [-0.05, 0) is 49.8 Å². The van der Waals surface area contributed by atoms with E-state index >= 15 is 0 Å². The van der Waals surface area contributed by atoms with Crippen LogP contribution in [0.4, 0.5) is 10.5 Å². The molecule has 2 aromatic carbocycles. The number of benzene rings is 2. The lowest BCUT2D eigenvalue weighted by atomic mass is 9.81. The second kappa shape index (κ2) is 8.58. The molecule has 4 rings (SSSR count). The summed E-state index contributed by atoms with van der Waals surface area (Å²) >= 11 is 0. The van der Waals surface area contributed by atoms with Crippen molar-refractivity contribution in [3.05, 3.63) is 83.5 Å². The topological polar surface area (TPSA) is 87.7 Å². The molecule has 2 unspecified atom stereocenters. The summed E-state index contributed by atoms with van der Waals surface area (Å²) < 4.78 is 5.34. The summed E-state index contributed by atoms with van der Waals surface area (Å²) in [6.07, 6.45) is 4.82. The zero-order valence-electron chi connectivity index (χ0n) is 19.1. The van der Waals surface area contributed by atoms with Crippen LogP contribution < -0.4 is 15.4 Å². The van der Waals surface area contributed by atoms with Crippen LogP contribution in [0.3, 0.4) is 0 Å². The number of ketones is 1. The molecule has 0 spiro atoms. The number of para-hydroxylation sites is 1. The molecule has 2 N–H and O–H groups in total. The SMILES string of the molecule is CN(C)C(=O)Oc1cccc(C(C)(C)NC(=O)C2=CC3Nc4ccccc4C(=O)C3C=C2)c1. The first-order chi connectivity index (χ1) is 15.7. The lowest BCUT2D eigenvalue weighted by Gasteiger charge is -2.33. The van der Waals surface area contributed by atoms with Gasteiger partial charge < -0.3 is 20.3 Å². The Kier molecular flexibility index (Phi) is 5.80. The third-order valence-electron chi connectivity index (χ3n) is 5.86. The Morgan fingerprint density at radius 1 is 1.09 bits per heavy atom. The maximum Gasteiger partial charge on any atom is 0.414 e. The number of hydrogen-bond donors (Lipinski definition) is 2. The van der Waals surface area contributed by atoms with Gasteiger partial charge in [0.1, 0.15) is 5.75 Å². The molecule has 2 aromatic rings. The van der Waals surface area contributed by atoms with Crippen LogP contribution >= 0.6 is 0 Å². The highest BCUT2D eigenvalue weighted by Crippen LogP contribution is 2.33. The third kappa shape index (κ3) is 4.53. The number of amides is 2. The molecule has 170 valence electrons. The van der Waals surface area contributed by atoms with Gasteiger partial charge in [-0.25, -0.2) is 4.79 Å². The van der Waals surface area contributed by atoms with Gasteiger partial charge in [0.05, 0.1) is 17.5 Å². The molecule has 0 fully saturated rings. The maximum absolute atomic E-state index is 13.1. The smallest absolute Gasteiger partial charge is 0.410 e. The largest absolute Gasteiger partial charge is 0.414 e. The molecule has 1 aliphatic heterocycles. The maximum atomic E-state index is 13.1. The van der Waals surface area contributed by atoms with Crippen molar-refractivity contribution in [1.82, 2.24) is 10.2 Å². The van der Waals surface area contributed by atoms with E-state index < -0.39 is 11.6 Å². The Morgan fingerprint density at radius 2 is 1.85 bits per heavy atom. The van der Waals surface area contributed by atoms with E-state index in [9.17, 15) is 14.4 Å². The van der Waals surface area contributed by atoms with Crippen molar-refractivity contribution in [2.45, 2.75) is 25.4 Å². The molecule has 33 heavy (non-hydrogen) atoms. The summed E-state index contributed by atoms with van der Waals surface area (Å²) in [7, 11) is 3.22. The Bertz CT molecular complexity index is 1180. The summed E-state index contributed by atoms with van der Waals surface area (Å²) in [6, 6.07) is 14.2. The Morgan fingerprint density at radius 3 is 2.61 bits per heavy atom. The van der Waals surface area contributed by atoms with E-state index in [0.29, 0.717) is 16.9 Å². The monoisotopic (exact) mass is 445 g/mol. The number of carbonyl (C=O) groups excluding carboxylic acids is 3. The first kappa shape index (κ1) is 22.3. The molecule has 0 saturated carbocycles. The van der Waals surface area contributed by atoms with E-state index in [4.69, 9.17) is 4.74 Å². The van der Waals surface area contributed by atoms with E-state index in [1.807, 2.05) is 44.2 Å². The molecular weight excluding hydrogens is 418 g/mol. The quantitative estimate of drug-likeness (QED) is 0.746. The molecule has 2 amide bonds. The summed E-state index contributed by atoms with van der Waals surface area (Å²) in [5, 5.41) is 6.41. The van der Waals surface area contributed by atoms with Gasteiger partial charge in [0, 0.05) is 30.9 Å². The summed E-state index contributed by atoms with van der Waals surface area (Å²) in [5.74, 6) is -0.145. The van der Waals surface area contributed by atoms with Gasteiger partial charge in [-0.3, -0.25) is 9.59 Å². The number of hydrogen-bond acceptors (Lipinski definition) is 5. The predicted octanol–water partition coefficient (Wildman–Crippen LogP) is 3.89. The van der Waals surface area contributed by atoms with Crippen LogP contribution in [-0.4, -0.2) is 42.8 Å². The van der Waals surface area contributed by atoms with Crippen LogP contribution in [0.25, 0.3) is 0 Å². The minimum Gasteiger partial charge on any atom is -0.410 e. The van der Waals surface area contributed by atoms with Crippen molar-refractivity contribution < 1.29 is 19.1 Å². The van der Waals surface area contributed by atoms with Gasteiger partial charge in [-0.2, -0.15) is 0 Å². The van der Waals surface area contributed by atoms with Gasteiger partial charge in [-0.15, -0.1) is 0 Å². The van der Waals surface area contributed by atoms with Crippen LogP contribution in [0.2, 0.25) is 0 Å². The first-order valence-corrected chi connectivity index (χ1v) is 10.8. The lowest BCUT2D eigenvalue weighted by Crippen LogP contribution is -2.43. The normalized spacial score (nSPS) is 18.9. The minimum absolute atomic E-state index is 0.0470. The zero-order valence-corrected chi connectivity index (χ0v) is 19.1. The minimum atomic E-state index is -0.731. The number of nitrogens with one attached hydrogen (secondary N) is 2. The molecule has 2 aliphatic rings. The van der Waals surface area contributed by atoms with Crippen LogP contribution in [0, 0.1) is 5.92 Å². The van der Waals surface area contributed by atoms with Gasteiger partial charge in [0.25, 0.3) is 5.91 Å². The number of rotatable bonds is 4. The molecule has 1 aliphatic carbocycles. The second-order valence-corrected chi connectivity index (χ2v) is 8.96. The van der Waals surface area contributed by atoms with Gasteiger partial charge in [-0.1, -0.05) is 36.4 Å². The van der Waals surface area contributed by atoms with Crippen molar-refractivity contribution in [3.8, 4) is 5.75 Å². The summed E-state index contributed by atoms with van der Waals surface area (Å²) in [6.45, 7) is 3.76. The van der Waals surface area contributed by atoms with Crippen LogP contribution in [0.1, 0.15) is 29.8 Å². The predicted molar refractivity (Wildman–Crippen MR) is 126 cm³/mol. The molecule has 0 aromatic heterocycles. The standard InChI is InChI=1S/C26H27N3O4/c1-26(2,17-8-7-9-18(15-17)33-25(32)29(3)4)28-24(31)16-12-13-20-22(14-16)27-21-11-6-5-10-19(21)23(20)30/h5-15,20,22,27H,1-4H3,(H,28,31). The van der Waals surface area contributed by atoms with E-state index in [-0.39, 0.29) is 23.7 Å². The van der Waals surface area contributed by atoms with E-state index in [1.165, 1.54) is 4.90 Å². The average Bonchev–Trinajstić information content (AvgIpc) is 2.78. The van der Waals surface area contributed by atoms with Crippen molar-refractivity contribution >= 4 is 23.5 Å². The van der Waals surface area contributed by atoms with E-state index in [2.05, 4.69) is 10.6 Å². The molecule has 7 heteroatoms. The van der Waals surface area contributed by atoms with E-state index in [0.717, 1.165) is 11.3 Å². The Balaban J connectivity index is 1.50. The highest BCUT2D eigenvalue weighted by atomic mass is 16.6. The Labute approximate surface area is 193 Å². The van der Waals surface area contributed by atoms with Gasteiger partial charge >= 0.3 is 6.09 Å². The first-order valence-electron chi connectivity index (χ1n) is 10.8. The lowest BCUT2D eigenvalue weighted by molar-refractivity contribution is -0.118. The zero-order chi connectivity index (χ0) is 23.8. The number of ether oxygens (including phenoxy) is 1. The molecule has 0 radical (unpaired) electrons. The number of Topliss-reactive ketones (excluding diaryl/α,β-unsaturated/α-hetero) is 1. The van der Waals surface area contributed by atoms with Crippen molar-refractivity contribution in [2.75, 3.05) is 19.4 Å². The van der Waals surface area contributed by atoms with E-state index in [1.54, 1.807) is 50.5 Å². The summed E-state index contributed by atoms with van der Waals surface area (Å²) in [4.78, 5) is 39.1. The van der Waals surface area contributed by atoms with Crippen LogP contribution in [0.5, 0.6) is 5.75 Å². The molecule has 0 bridgehead atoms. The fraction of sp³-hybridized carbons (Fsp3) is 0.269. The number of anilines is 1. The Hall–Kier alpha value is -3.87. The molecule has 1 heterocycles. The van der Waals surface area contributed by atoms with Crippen LogP contribution in [-0.2, 0) is 10.3 Å². The molecule has 2 atom stereocenters. The summed E-state index contributed by atoms with van der Waals surface area (Å²) in [5.41, 5.74) is 1.99. The van der Waals surface area contributed by atoms with Crippen molar-refractivity contribution in [3.63, 3.8) is 0 Å².